The number of benzene rings is 2. The van der Waals surface area contributed by atoms with Crippen LogP contribution in [0.5, 0.6) is 11.5 Å². The molecular weight excluding hydrogens is 426 g/mol. The number of nitrogens with one attached hydrogen (secondary N) is 1. The molecule has 1 aliphatic rings. The molecule has 0 saturated carbocycles. The van der Waals surface area contributed by atoms with Gasteiger partial charge >= 0.3 is 5.97 Å². The Morgan fingerprint density at radius 1 is 1.12 bits per heavy atom. The third-order valence-electron chi connectivity index (χ3n) is 3.64. The van der Waals surface area contributed by atoms with Gasteiger partial charge in [-0.15, -0.1) is 0 Å². The number of fused-ring (bicyclic) bond motifs is 1. The van der Waals surface area contributed by atoms with Crippen molar-refractivity contribution in [1.29, 1.82) is 0 Å². The van der Waals surface area contributed by atoms with Crippen molar-refractivity contribution in [1.82, 2.24) is 0 Å². The average Bonchev–Trinajstić information content (AvgIpc) is 2.85. The summed E-state index contributed by atoms with van der Waals surface area (Å²) in [5.74, 6) is 0.279. The van der Waals surface area contributed by atoms with E-state index < -0.39 is 16.0 Å². The van der Waals surface area contributed by atoms with Crippen LogP contribution in [0.1, 0.15) is 16.8 Å². The van der Waals surface area contributed by atoms with Gasteiger partial charge in [0, 0.05) is 17.0 Å². The van der Waals surface area contributed by atoms with Crippen molar-refractivity contribution in [2.24, 2.45) is 0 Å². The van der Waals surface area contributed by atoms with E-state index in [1.807, 2.05) is 0 Å². The number of halogens is 1. The van der Waals surface area contributed by atoms with Gasteiger partial charge in [-0.1, -0.05) is 15.9 Å². The van der Waals surface area contributed by atoms with Crippen molar-refractivity contribution in [3.8, 4) is 11.5 Å². The van der Waals surface area contributed by atoms with Crippen LogP contribution in [0.3, 0.4) is 0 Å². The third-order valence-corrected chi connectivity index (χ3v) is 5.57. The normalized spacial score (nSPS) is 13.6. The van der Waals surface area contributed by atoms with Gasteiger partial charge in [0.1, 0.15) is 4.90 Å². The molecule has 0 amide bonds. The summed E-state index contributed by atoms with van der Waals surface area (Å²) < 4.78 is 44.4. The van der Waals surface area contributed by atoms with Crippen LogP contribution in [-0.2, 0) is 14.8 Å². The zero-order chi connectivity index (χ0) is 18.7. The molecule has 0 aliphatic carbocycles. The molecule has 0 atom stereocenters. The van der Waals surface area contributed by atoms with E-state index >= 15 is 0 Å². The van der Waals surface area contributed by atoms with Crippen LogP contribution in [0.2, 0.25) is 0 Å². The van der Waals surface area contributed by atoms with E-state index in [1.54, 1.807) is 18.2 Å². The monoisotopic (exact) mass is 441 g/mol. The van der Waals surface area contributed by atoms with Crippen molar-refractivity contribution in [3.63, 3.8) is 0 Å². The smallest absolute Gasteiger partial charge is 0.339 e. The van der Waals surface area contributed by atoms with E-state index in [0.29, 0.717) is 34.9 Å². The summed E-state index contributed by atoms with van der Waals surface area (Å²) in [5.41, 5.74) is 0.233. The van der Waals surface area contributed by atoms with Crippen molar-refractivity contribution in [3.05, 3.63) is 46.4 Å². The van der Waals surface area contributed by atoms with E-state index in [2.05, 4.69) is 25.4 Å². The summed E-state index contributed by atoms with van der Waals surface area (Å²) in [6.45, 7) is 1.03. The predicted molar refractivity (Wildman–Crippen MR) is 98.3 cm³/mol. The highest BCUT2D eigenvalue weighted by Gasteiger charge is 2.24. The maximum atomic E-state index is 12.8. The SMILES string of the molecule is COC(=O)c1cc(Br)ccc1S(=O)(=O)Nc1ccc2c(c1)OCCCO2. The van der Waals surface area contributed by atoms with Gasteiger partial charge in [-0.25, -0.2) is 13.2 Å². The lowest BCUT2D eigenvalue weighted by Crippen LogP contribution is -2.17. The number of carbonyl (C=O) groups is 1. The molecule has 0 spiro atoms. The first-order valence-corrected chi connectivity index (χ1v) is 9.98. The molecule has 1 N–H and O–H groups in total. The predicted octanol–water partition coefficient (Wildman–Crippen LogP) is 3.20. The largest absolute Gasteiger partial charge is 0.490 e. The molecule has 0 bridgehead atoms. The molecule has 26 heavy (non-hydrogen) atoms. The molecule has 1 aliphatic heterocycles. The van der Waals surface area contributed by atoms with Gasteiger partial charge in [0.15, 0.2) is 11.5 Å². The molecule has 2 aromatic carbocycles. The minimum atomic E-state index is -4.02. The fraction of sp³-hybridized carbons (Fsp3) is 0.235. The maximum absolute atomic E-state index is 12.8. The molecule has 1 heterocycles. The lowest BCUT2D eigenvalue weighted by Gasteiger charge is -2.13. The Morgan fingerprint density at radius 3 is 2.58 bits per heavy atom. The Labute approximate surface area is 159 Å². The minimum Gasteiger partial charge on any atom is -0.490 e. The van der Waals surface area contributed by atoms with E-state index in [-0.39, 0.29) is 10.5 Å². The molecule has 0 unspecified atom stereocenters. The van der Waals surface area contributed by atoms with Gasteiger partial charge in [-0.05, 0) is 30.3 Å². The standard InChI is InChI=1S/C17H16BrNO6S/c1-23-17(20)13-9-11(18)3-6-16(13)26(21,22)19-12-4-5-14-15(10-12)25-8-2-7-24-14/h3-6,9-10,19H,2,7-8H2,1H3. The Bertz CT molecular complexity index is 944. The lowest BCUT2D eigenvalue weighted by molar-refractivity contribution is 0.0596. The van der Waals surface area contributed by atoms with E-state index in [9.17, 15) is 13.2 Å². The minimum absolute atomic E-state index is 0.0660. The Balaban J connectivity index is 1.95. The fourth-order valence-electron chi connectivity index (χ4n) is 2.44. The summed E-state index contributed by atoms with van der Waals surface area (Å²) in [4.78, 5) is 11.8. The van der Waals surface area contributed by atoms with Gasteiger partial charge in [0.2, 0.25) is 0 Å². The van der Waals surface area contributed by atoms with E-state index in [1.165, 1.54) is 25.3 Å². The summed E-state index contributed by atoms with van der Waals surface area (Å²) >= 11 is 3.22. The maximum Gasteiger partial charge on any atom is 0.339 e. The van der Waals surface area contributed by atoms with Crippen molar-refractivity contribution in [2.75, 3.05) is 25.0 Å². The Hall–Kier alpha value is -2.26. The van der Waals surface area contributed by atoms with Gasteiger partial charge < -0.3 is 14.2 Å². The highest BCUT2D eigenvalue weighted by molar-refractivity contribution is 9.10. The second-order valence-corrected chi connectivity index (χ2v) is 8.02. The van der Waals surface area contributed by atoms with Crippen LogP contribution < -0.4 is 14.2 Å². The molecule has 0 radical (unpaired) electrons. The molecule has 7 nitrogen and oxygen atoms in total. The number of sulfonamides is 1. The number of rotatable bonds is 4. The Morgan fingerprint density at radius 2 is 1.85 bits per heavy atom. The zero-order valence-electron chi connectivity index (χ0n) is 13.8. The number of carbonyl (C=O) groups excluding carboxylic acids is 1. The molecule has 0 aromatic heterocycles. The summed E-state index contributed by atoms with van der Waals surface area (Å²) in [7, 11) is -2.83. The highest BCUT2D eigenvalue weighted by Crippen LogP contribution is 2.33. The van der Waals surface area contributed by atoms with E-state index in [4.69, 9.17) is 9.47 Å². The average molecular weight is 442 g/mol. The van der Waals surface area contributed by atoms with Crippen LogP contribution in [0, 0.1) is 0 Å². The number of esters is 1. The molecule has 0 fully saturated rings. The lowest BCUT2D eigenvalue weighted by atomic mass is 10.2. The topological polar surface area (TPSA) is 90.9 Å². The molecule has 3 rings (SSSR count). The Kier molecular flexibility index (Phi) is 5.38. The van der Waals surface area contributed by atoms with Crippen LogP contribution in [-0.4, -0.2) is 34.7 Å². The van der Waals surface area contributed by atoms with Gasteiger partial charge in [0.05, 0.1) is 31.6 Å². The van der Waals surface area contributed by atoms with Crippen molar-refractivity contribution < 1.29 is 27.4 Å². The molecule has 0 saturated heterocycles. The number of hydrogen-bond acceptors (Lipinski definition) is 6. The second-order valence-electron chi connectivity index (χ2n) is 5.45. The second kappa shape index (κ2) is 7.55. The highest BCUT2D eigenvalue weighted by atomic mass is 79.9. The van der Waals surface area contributed by atoms with Gasteiger partial charge in [-0.3, -0.25) is 4.72 Å². The van der Waals surface area contributed by atoms with Crippen LogP contribution >= 0.6 is 15.9 Å². The fourth-order valence-corrected chi connectivity index (χ4v) is 4.03. The van der Waals surface area contributed by atoms with Crippen LogP contribution in [0.25, 0.3) is 0 Å². The number of hydrogen-bond donors (Lipinski definition) is 1. The van der Waals surface area contributed by atoms with Crippen LogP contribution in [0.4, 0.5) is 5.69 Å². The number of ether oxygens (including phenoxy) is 3. The number of anilines is 1. The zero-order valence-corrected chi connectivity index (χ0v) is 16.2. The quantitative estimate of drug-likeness (QED) is 0.732. The third kappa shape index (κ3) is 3.94. The summed E-state index contributed by atoms with van der Waals surface area (Å²) in [6.07, 6.45) is 0.747. The summed E-state index contributed by atoms with van der Waals surface area (Å²) in [6, 6.07) is 9.03. The van der Waals surface area contributed by atoms with Crippen molar-refractivity contribution in [2.45, 2.75) is 11.3 Å². The molecule has 9 heteroatoms. The van der Waals surface area contributed by atoms with E-state index in [0.717, 1.165) is 6.42 Å². The molecule has 2 aromatic rings. The number of methoxy groups -OCH3 is 1. The summed E-state index contributed by atoms with van der Waals surface area (Å²) in [5, 5.41) is 0. The molecule has 138 valence electrons. The van der Waals surface area contributed by atoms with Gasteiger partial charge in [-0.2, -0.15) is 0 Å². The van der Waals surface area contributed by atoms with Crippen molar-refractivity contribution >= 4 is 37.6 Å². The molecular formula is C17H16BrNO6S. The van der Waals surface area contributed by atoms with Crippen LogP contribution in [0.15, 0.2) is 45.8 Å². The first-order chi connectivity index (χ1) is 12.4. The first-order valence-electron chi connectivity index (χ1n) is 7.71. The first kappa shape index (κ1) is 18.5. The van der Waals surface area contributed by atoms with Gasteiger partial charge in [0.25, 0.3) is 10.0 Å².